The molecule has 0 unspecified atom stereocenters. The molecule has 0 saturated carbocycles. The van der Waals surface area contributed by atoms with Crippen molar-refractivity contribution in [1.82, 2.24) is 9.88 Å². The van der Waals surface area contributed by atoms with Crippen LogP contribution in [0.3, 0.4) is 0 Å². The van der Waals surface area contributed by atoms with Gasteiger partial charge in [-0.25, -0.2) is 0 Å². The molecule has 1 aliphatic carbocycles. The third kappa shape index (κ3) is 2.89. The summed E-state index contributed by atoms with van der Waals surface area (Å²) < 4.78 is 8.25. The van der Waals surface area contributed by atoms with Gasteiger partial charge in [-0.2, -0.15) is 0 Å². The number of fused-ring (bicyclic) bond motifs is 10. The Bertz CT molecular complexity index is 1580. The van der Waals surface area contributed by atoms with Crippen molar-refractivity contribution >= 4 is 40.0 Å². The number of benzene rings is 3. The maximum absolute atomic E-state index is 13.1. The number of ether oxygens (including phenoxy) is 1. The maximum atomic E-state index is 13.1. The van der Waals surface area contributed by atoms with Gasteiger partial charge in [0.2, 0.25) is 0 Å². The van der Waals surface area contributed by atoms with Gasteiger partial charge < -0.3 is 19.7 Å². The molecule has 6 rings (SSSR count). The first-order valence-corrected chi connectivity index (χ1v) is 11.5. The molecule has 5 nitrogen and oxygen atoms in total. The molecular weight excluding hydrogens is 412 g/mol. The molecule has 33 heavy (non-hydrogen) atoms. The lowest BCUT2D eigenvalue weighted by Gasteiger charge is -2.12. The molecule has 166 valence electrons. The minimum absolute atomic E-state index is 0.0552. The summed E-state index contributed by atoms with van der Waals surface area (Å²) in [4.78, 5) is 13.1. The Morgan fingerprint density at radius 1 is 1.06 bits per heavy atom. The van der Waals surface area contributed by atoms with Gasteiger partial charge in [-0.15, -0.1) is 0 Å². The predicted molar refractivity (Wildman–Crippen MR) is 131 cm³/mol. The van der Waals surface area contributed by atoms with Gasteiger partial charge in [0, 0.05) is 51.6 Å². The molecule has 1 amide bonds. The molecule has 0 spiro atoms. The first kappa shape index (κ1) is 20.2. The number of nitrogens with zero attached hydrogens (tertiary/aromatic N) is 1. The summed E-state index contributed by atoms with van der Waals surface area (Å²) in [6.45, 7) is 5.45. The molecule has 1 aromatic heterocycles. The van der Waals surface area contributed by atoms with Crippen molar-refractivity contribution in [3.8, 4) is 11.1 Å². The number of nitrogens with one attached hydrogen (secondary N) is 1. The van der Waals surface area contributed by atoms with Gasteiger partial charge in [-0.1, -0.05) is 36.4 Å². The van der Waals surface area contributed by atoms with E-state index in [0.717, 1.165) is 60.1 Å². The van der Waals surface area contributed by atoms with E-state index in [0.29, 0.717) is 19.6 Å². The molecule has 0 fully saturated rings. The first-order valence-electron chi connectivity index (χ1n) is 11.5. The van der Waals surface area contributed by atoms with Crippen LogP contribution < -0.4 is 15.8 Å². The van der Waals surface area contributed by atoms with Gasteiger partial charge in [0.05, 0.1) is 23.8 Å². The van der Waals surface area contributed by atoms with Crippen molar-refractivity contribution in [2.45, 2.75) is 39.5 Å². The molecule has 0 bridgehead atoms. The summed E-state index contributed by atoms with van der Waals surface area (Å²) in [7, 11) is 0. The number of rotatable bonds is 6. The molecule has 1 aliphatic heterocycles. The van der Waals surface area contributed by atoms with Gasteiger partial charge >= 0.3 is 0 Å². The largest absolute Gasteiger partial charge is 0.396 e. The van der Waals surface area contributed by atoms with E-state index in [9.17, 15) is 9.90 Å². The van der Waals surface area contributed by atoms with Crippen molar-refractivity contribution in [2.24, 2.45) is 0 Å². The van der Waals surface area contributed by atoms with Crippen LogP contribution in [-0.4, -0.2) is 28.3 Å². The lowest BCUT2D eigenvalue weighted by molar-refractivity contribution is 0.0656. The minimum atomic E-state index is -0.0552. The lowest BCUT2D eigenvalue weighted by Crippen LogP contribution is -2.22. The quantitative estimate of drug-likeness (QED) is 0.427. The van der Waals surface area contributed by atoms with Crippen LogP contribution in [0.25, 0.3) is 45.2 Å². The van der Waals surface area contributed by atoms with Crippen LogP contribution in [0.1, 0.15) is 41.8 Å². The Balaban J connectivity index is 1.76. The average molecular weight is 439 g/mol. The van der Waals surface area contributed by atoms with Gasteiger partial charge in [0.1, 0.15) is 0 Å². The van der Waals surface area contributed by atoms with Crippen molar-refractivity contribution in [3.05, 3.63) is 69.6 Å². The second kappa shape index (κ2) is 7.58. The lowest BCUT2D eigenvalue weighted by atomic mass is 9.94. The van der Waals surface area contributed by atoms with Crippen LogP contribution in [0, 0.1) is 0 Å². The van der Waals surface area contributed by atoms with E-state index >= 15 is 0 Å². The monoisotopic (exact) mass is 438 g/mol. The van der Waals surface area contributed by atoms with Crippen molar-refractivity contribution < 1.29 is 14.6 Å². The molecule has 2 N–H and O–H groups in total. The number of carbonyl (C=O) groups excluding carboxylic acids is 1. The zero-order valence-electron chi connectivity index (χ0n) is 18.8. The standard InChI is InChI=1S/C28H26N2O3/c1-16(2)33-15-17-7-5-9-18-20(17)13-21-24(18)26-22(14-29-28(26)32)25-19-8-3-4-10-23(19)30(27(21)25)11-6-12-31/h3-5,7-10,13-14,16,31H,6,11-12,15H2,1-2H3,(H,29,32). The van der Waals surface area contributed by atoms with E-state index in [1.54, 1.807) is 0 Å². The number of aryl methyl sites for hydroxylation is 1. The van der Waals surface area contributed by atoms with Crippen LogP contribution in [-0.2, 0) is 17.9 Å². The van der Waals surface area contributed by atoms with E-state index in [1.165, 1.54) is 0 Å². The Morgan fingerprint density at radius 2 is 1.91 bits per heavy atom. The third-order valence-electron chi connectivity index (χ3n) is 6.73. The fourth-order valence-electron chi connectivity index (χ4n) is 5.37. The van der Waals surface area contributed by atoms with E-state index in [4.69, 9.17) is 4.74 Å². The second-order valence-corrected chi connectivity index (χ2v) is 9.05. The van der Waals surface area contributed by atoms with E-state index in [1.807, 2.05) is 32.2 Å². The van der Waals surface area contributed by atoms with Crippen LogP contribution in [0.4, 0.5) is 0 Å². The Kier molecular flexibility index (Phi) is 4.64. The topological polar surface area (TPSA) is 63.5 Å². The molecule has 5 heteroatoms. The highest BCUT2D eigenvalue weighted by Gasteiger charge is 2.30. The van der Waals surface area contributed by atoms with E-state index in [2.05, 4.69) is 46.3 Å². The summed E-state index contributed by atoms with van der Waals surface area (Å²) in [6, 6.07) is 14.6. The van der Waals surface area contributed by atoms with Crippen LogP contribution in [0.2, 0.25) is 0 Å². The number of aliphatic hydroxyl groups excluding tert-OH is 1. The molecule has 0 radical (unpaired) electrons. The molecule has 4 aromatic rings. The second-order valence-electron chi connectivity index (χ2n) is 9.05. The number of amides is 1. The SMILES string of the molecule is CC(C)OCc1cccc2c1C=c1c-2c2c(c3c4ccccc4n(CCCO)c13)=CNC2=O. The van der Waals surface area contributed by atoms with Crippen molar-refractivity contribution in [3.63, 3.8) is 0 Å². The highest BCUT2D eigenvalue weighted by molar-refractivity contribution is 6.18. The summed E-state index contributed by atoms with van der Waals surface area (Å²) in [5.41, 5.74) is 7.33. The number of aliphatic hydroxyl groups is 1. The number of aromatic nitrogens is 1. The molecule has 0 atom stereocenters. The van der Waals surface area contributed by atoms with E-state index in [-0.39, 0.29) is 18.6 Å². The Hall–Kier alpha value is -3.41. The number of hydrogen-bond donors (Lipinski definition) is 2. The van der Waals surface area contributed by atoms with Crippen molar-refractivity contribution in [2.75, 3.05) is 6.61 Å². The molecule has 2 aliphatic rings. The van der Waals surface area contributed by atoms with E-state index < -0.39 is 0 Å². The molecule has 2 heterocycles. The fourth-order valence-corrected chi connectivity index (χ4v) is 5.37. The normalized spacial score (nSPS) is 13.8. The predicted octanol–water partition coefficient (Wildman–Crippen LogP) is 3.39. The maximum Gasteiger partial charge on any atom is 0.256 e. The molecule has 3 aromatic carbocycles. The Labute approximate surface area is 191 Å². The number of carbonyl (C=O) groups is 1. The summed E-state index contributed by atoms with van der Waals surface area (Å²) in [6.07, 6.45) is 4.89. The Morgan fingerprint density at radius 3 is 2.73 bits per heavy atom. The van der Waals surface area contributed by atoms with Gasteiger partial charge in [-0.05, 0) is 49.1 Å². The minimum Gasteiger partial charge on any atom is -0.396 e. The van der Waals surface area contributed by atoms with Gasteiger partial charge in [0.25, 0.3) is 5.91 Å². The average Bonchev–Trinajstić information content (AvgIpc) is 3.48. The van der Waals surface area contributed by atoms with Gasteiger partial charge in [0.15, 0.2) is 0 Å². The highest BCUT2D eigenvalue weighted by atomic mass is 16.5. The van der Waals surface area contributed by atoms with Crippen LogP contribution in [0.15, 0.2) is 42.5 Å². The zero-order chi connectivity index (χ0) is 22.7. The van der Waals surface area contributed by atoms with Crippen LogP contribution >= 0.6 is 0 Å². The zero-order valence-corrected chi connectivity index (χ0v) is 18.8. The summed E-state index contributed by atoms with van der Waals surface area (Å²) in [5.74, 6) is -0.0552. The summed E-state index contributed by atoms with van der Waals surface area (Å²) >= 11 is 0. The number of hydrogen-bond acceptors (Lipinski definition) is 3. The first-order chi connectivity index (χ1) is 16.1. The van der Waals surface area contributed by atoms with Gasteiger partial charge in [-0.3, -0.25) is 4.79 Å². The summed E-state index contributed by atoms with van der Waals surface area (Å²) in [5, 5.41) is 16.8. The molecular formula is C28H26N2O3. The highest BCUT2D eigenvalue weighted by Crippen LogP contribution is 2.36. The van der Waals surface area contributed by atoms with Crippen LogP contribution in [0.5, 0.6) is 0 Å². The third-order valence-corrected chi connectivity index (χ3v) is 6.73. The number of para-hydroxylation sites is 1. The smallest absolute Gasteiger partial charge is 0.256 e. The fraction of sp³-hybridized carbons (Fsp3) is 0.250. The van der Waals surface area contributed by atoms with Crippen molar-refractivity contribution in [1.29, 1.82) is 0 Å². The molecule has 0 saturated heterocycles.